The van der Waals surface area contributed by atoms with E-state index >= 15 is 0 Å². The Morgan fingerprint density at radius 3 is 2.41 bits per heavy atom. The van der Waals surface area contributed by atoms with Gasteiger partial charge in [0, 0.05) is 12.6 Å². The van der Waals surface area contributed by atoms with Crippen molar-refractivity contribution in [3.05, 3.63) is 12.7 Å². The number of carbonyl (C=O) groups is 2. The summed E-state index contributed by atoms with van der Waals surface area (Å²) >= 11 is 0. The molecule has 0 spiro atoms. The van der Waals surface area contributed by atoms with Crippen molar-refractivity contribution >= 4 is 12.0 Å². The van der Waals surface area contributed by atoms with Crippen molar-refractivity contribution in [3.8, 4) is 0 Å². The Kier molecular flexibility index (Phi) is 6.31. The molecule has 0 fully saturated rings. The van der Waals surface area contributed by atoms with E-state index in [-0.39, 0.29) is 23.9 Å². The van der Waals surface area contributed by atoms with E-state index in [1.54, 1.807) is 6.08 Å². The fourth-order valence-corrected chi connectivity index (χ4v) is 1.53. The second-order valence-corrected chi connectivity index (χ2v) is 5.20. The molecule has 98 valence electrons. The highest BCUT2D eigenvalue weighted by Gasteiger charge is 2.22. The Labute approximate surface area is 102 Å². The molecule has 0 saturated heterocycles. The van der Waals surface area contributed by atoms with Gasteiger partial charge in [-0.2, -0.15) is 0 Å². The summed E-state index contributed by atoms with van der Waals surface area (Å²) in [5.74, 6) is -0.914. The van der Waals surface area contributed by atoms with E-state index in [1.807, 2.05) is 20.8 Å². The third kappa shape index (κ3) is 9.41. The van der Waals surface area contributed by atoms with Crippen LogP contribution in [0.2, 0.25) is 0 Å². The topological polar surface area (TPSA) is 78.4 Å². The first-order valence-corrected chi connectivity index (χ1v) is 5.61. The van der Waals surface area contributed by atoms with Gasteiger partial charge in [0.2, 0.25) is 0 Å². The van der Waals surface area contributed by atoms with Gasteiger partial charge in [-0.15, -0.1) is 6.58 Å². The summed E-state index contributed by atoms with van der Waals surface area (Å²) in [5, 5.41) is 14.0. The van der Waals surface area contributed by atoms with Gasteiger partial charge in [0.25, 0.3) is 0 Å². The lowest BCUT2D eigenvalue weighted by Gasteiger charge is -2.25. The molecule has 0 saturated carbocycles. The molecule has 0 aromatic rings. The van der Waals surface area contributed by atoms with Crippen LogP contribution in [0, 0.1) is 5.41 Å². The average molecular weight is 242 g/mol. The Balaban J connectivity index is 4.32. The molecule has 17 heavy (non-hydrogen) atoms. The van der Waals surface area contributed by atoms with Gasteiger partial charge in [-0.3, -0.25) is 4.79 Å². The lowest BCUT2D eigenvalue weighted by Crippen LogP contribution is -2.44. The quantitative estimate of drug-likeness (QED) is 0.621. The molecule has 0 aliphatic carbocycles. The normalized spacial score (nSPS) is 12.6. The van der Waals surface area contributed by atoms with Crippen molar-refractivity contribution in [1.82, 2.24) is 10.6 Å². The van der Waals surface area contributed by atoms with Crippen LogP contribution >= 0.6 is 0 Å². The smallest absolute Gasteiger partial charge is 0.315 e. The summed E-state index contributed by atoms with van der Waals surface area (Å²) in [6.07, 6.45) is 2.11. The van der Waals surface area contributed by atoms with Gasteiger partial charge in [0.15, 0.2) is 0 Å². The maximum atomic E-state index is 11.4. The Morgan fingerprint density at radius 2 is 2.00 bits per heavy atom. The van der Waals surface area contributed by atoms with Gasteiger partial charge in [-0.1, -0.05) is 26.8 Å². The summed E-state index contributed by atoms with van der Waals surface area (Å²) < 4.78 is 0. The predicted molar refractivity (Wildman–Crippen MR) is 66.8 cm³/mol. The molecule has 5 heteroatoms. The SMILES string of the molecule is C=CCNC(=O)NC(CC(=O)O)CC(C)(C)C. The van der Waals surface area contributed by atoms with Gasteiger partial charge in [-0.25, -0.2) is 4.79 Å². The van der Waals surface area contributed by atoms with Crippen molar-refractivity contribution in [2.45, 2.75) is 39.7 Å². The maximum Gasteiger partial charge on any atom is 0.315 e. The van der Waals surface area contributed by atoms with Gasteiger partial charge in [0.05, 0.1) is 6.42 Å². The fourth-order valence-electron chi connectivity index (χ4n) is 1.53. The van der Waals surface area contributed by atoms with Crippen molar-refractivity contribution < 1.29 is 14.7 Å². The first kappa shape index (κ1) is 15.5. The van der Waals surface area contributed by atoms with Crippen molar-refractivity contribution in [2.24, 2.45) is 5.41 Å². The van der Waals surface area contributed by atoms with Crippen LogP contribution in [0.25, 0.3) is 0 Å². The number of hydrogen-bond donors (Lipinski definition) is 3. The molecule has 0 aromatic heterocycles. The summed E-state index contributed by atoms with van der Waals surface area (Å²) in [5.41, 5.74) is -0.0359. The third-order valence-electron chi connectivity index (χ3n) is 2.02. The van der Waals surface area contributed by atoms with E-state index in [0.717, 1.165) is 0 Å². The molecule has 5 nitrogen and oxygen atoms in total. The first-order chi connectivity index (χ1) is 7.74. The van der Waals surface area contributed by atoms with Crippen LogP contribution in [0.1, 0.15) is 33.6 Å². The number of urea groups is 1. The molecule has 0 aromatic carbocycles. The number of amides is 2. The second-order valence-electron chi connectivity index (χ2n) is 5.20. The van der Waals surface area contributed by atoms with Gasteiger partial charge >= 0.3 is 12.0 Å². The highest BCUT2D eigenvalue weighted by Crippen LogP contribution is 2.22. The highest BCUT2D eigenvalue weighted by atomic mass is 16.4. The Morgan fingerprint density at radius 1 is 1.41 bits per heavy atom. The zero-order valence-corrected chi connectivity index (χ0v) is 10.7. The summed E-state index contributed by atoms with van der Waals surface area (Å²) in [7, 11) is 0. The Hall–Kier alpha value is -1.52. The number of nitrogens with one attached hydrogen (secondary N) is 2. The number of carboxylic acids is 1. The zero-order valence-electron chi connectivity index (χ0n) is 10.7. The molecule has 0 rings (SSSR count). The van der Waals surface area contributed by atoms with Gasteiger partial charge in [-0.05, 0) is 11.8 Å². The second kappa shape index (κ2) is 6.93. The number of rotatable bonds is 6. The largest absolute Gasteiger partial charge is 0.481 e. The monoisotopic (exact) mass is 242 g/mol. The van der Waals surface area contributed by atoms with Crippen LogP contribution < -0.4 is 10.6 Å². The molecule has 0 aliphatic heterocycles. The van der Waals surface area contributed by atoms with E-state index in [9.17, 15) is 9.59 Å². The van der Waals surface area contributed by atoms with Crippen LogP contribution in [0.4, 0.5) is 4.79 Å². The molecule has 0 radical (unpaired) electrons. The fraction of sp³-hybridized carbons (Fsp3) is 0.667. The Bertz CT molecular complexity index is 282. The van der Waals surface area contributed by atoms with Crippen LogP contribution in [0.3, 0.4) is 0 Å². The molecule has 0 heterocycles. The maximum absolute atomic E-state index is 11.4. The lowest BCUT2D eigenvalue weighted by molar-refractivity contribution is -0.137. The minimum atomic E-state index is -0.914. The van der Waals surface area contributed by atoms with Gasteiger partial charge in [0.1, 0.15) is 0 Å². The summed E-state index contributed by atoms with van der Waals surface area (Å²) in [4.78, 5) is 22.1. The van der Waals surface area contributed by atoms with E-state index in [1.165, 1.54) is 0 Å². The van der Waals surface area contributed by atoms with Crippen molar-refractivity contribution in [2.75, 3.05) is 6.54 Å². The molecule has 0 aliphatic rings. The number of carboxylic acid groups (broad SMARTS) is 1. The highest BCUT2D eigenvalue weighted by molar-refractivity contribution is 5.75. The average Bonchev–Trinajstić information content (AvgIpc) is 2.10. The third-order valence-corrected chi connectivity index (χ3v) is 2.02. The first-order valence-electron chi connectivity index (χ1n) is 5.61. The van der Waals surface area contributed by atoms with E-state index in [0.29, 0.717) is 13.0 Å². The zero-order chi connectivity index (χ0) is 13.5. The van der Waals surface area contributed by atoms with Crippen molar-refractivity contribution in [1.29, 1.82) is 0 Å². The molecule has 1 atom stereocenters. The summed E-state index contributed by atoms with van der Waals surface area (Å²) in [6, 6.07) is -0.724. The van der Waals surface area contributed by atoms with Crippen LogP contribution in [0.5, 0.6) is 0 Å². The molecule has 0 bridgehead atoms. The minimum Gasteiger partial charge on any atom is -0.481 e. The lowest BCUT2D eigenvalue weighted by atomic mass is 9.87. The molecular formula is C12H22N2O3. The minimum absolute atomic E-state index is 0.0359. The van der Waals surface area contributed by atoms with Gasteiger partial charge < -0.3 is 15.7 Å². The van der Waals surface area contributed by atoms with E-state index in [4.69, 9.17) is 5.11 Å². The van der Waals surface area contributed by atoms with E-state index < -0.39 is 5.97 Å². The van der Waals surface area contributed by atoms with Crippen LogP contribution in [0.15, 0.2) is 12.7 Å². The number of carbonyl (C=O) groups excluding carboxylic acids is 1. The van der Waals surface area contributed by atoms with Crippen molar-refractivity contribution in [3.63, 3.8) is 0 Å². The predicted octanol–water partition coefficient (Wildman–Crippen LogP) is 1.75. The molecule has 2 amide bonds. The number of hydrogen-bond acceptors (Lipinski definition) is 2. The number of aliphatic carboxylic acids is 1. The summed E-state index contributed by atoms with van der Waals surface area (Å²) in [6.45, 7) is 9.86. The molecule has 3 N–H and O–H groups in total. The van der Waals surface area contributed by atoms with E-state index in [2.05, 4.69) is 17.2 Å². The van der Waals surface area contributed by atoms with Crippen LogP contribution in [-0.4, -0.2) is 29.7 Å². The standard InChI is InChI=1S/C12H22N2O3/c1-5-6-13-11(17)14-9(7-10(15)16)8-12(2,3)4/h5,9H,1,6-8H2,2-4H3,(H,15,16)(H2,13,14,17). The van der Waals surface area contributed by atoms with Crippen LogP contribution in [-0.2, 0) is 4.79 Å². The molecule has 1 unspecified atom stereocenters. The molecular weight excluding hydrogens is 220 g/mol.